The Labute approximate surface area is 171 Å². The van der Waals surface area contributed by atoms with E-state index in [2.05, 4.69) is 51.3 Å². The molecule has 6 heteroatoms. The molecule has 0 radical (unpaired) electrons. The summed E-state index contributed by atoms with van der Waals surface area (Å²) in [4.78, 5) is 17.6. The third-order valence-corrected chi connectivity index (χ3v) is 6.17. The van der Waals surface area contributed by atoms with E-state index >= 15 is 0 Å². The van der Waals surface area contributed by atoms with Crippen molar-refractivity contribution in [2.75, 3.05) is 20.1 Å². The SMILES string of the molecule is CCNC(=O)c1cccc(CNC(=NC)NCC2(Sc3ccccc3)CC2)c1. The first-order valence-corrected chi connectivity index (χ1v) is 10.5. The first kappa shape index (κ1) is 20.3. The molecular weight excluding hydrogens is 368 g/mol. The van der Waals surface area contributed by atoms with Crippen molar-refractivity contribution in [3.63, 3.8) is 0 Å². The molecule has 0 spiro atoms. The highest BCUT2D eigenvalue weighted by Crippen LogP contribution is 2.51. The van der Waals surface area contributed by atoms with Crippen LogP contribution in [0.5, 0.6) is 0 Å². The maximum Gasteiger partial charge on any atom is 0.251 e. The molecule has 0 atom stereocenters. The van der Waals surface area contributed by atoms with Gasteiger partial charge in [-0.1, -0.05) is 30.3 Å². The molecule has 0 unspecified atom stereocenters. The Morgan fingerprint density at radius 1 is 1.07 bits per heavy atom. The van der Waals surface area contributed by atoms with Gasteiger partial charge >= 0.3 is 0 Å². The minimum atomic E-state index is -0.0412. The van der Waals surface area contributed by atoms with Crippen molar-refractivity contribution >= 4 is 23.6 Å². The molecule has 5 nitrogen and oxygen atoms in total. The highest BCUT2D eigenvalue weighted by Gasteiger charge is 2.43. The van der Waals surface area contributed by atoms with Gasteiger partial charge in [-0.15, -0.1) is 11.8 Å². The second-order valence-corrected chi connectivity index (χ2v) is 8.48. The minimum Gasteiger partial charge on any atom is -0.355 e. The van der Waals surface area contributed by atoms with Crippen molar-refractivity contribution < 1.29 is 4.79 Å². The van der Waals surface area contributed by atoms with Crippen LogP contribution >= 0.6 is 11.8 Å². The average molecular weight is 397 g/mol. The molecule has 0 saturated heterocycles. The Kier molecular flexibility index (Phi) is 6.98. The summed E-state index contributed by atoms with van der Waals surface area (Å²) < 4.78 is 0.261. The lowest BCUT2D eigenvalue weighted by Crippen LogP contribution is -2.40. The smallest absolute Gasteiger partial charge is 0.251 e. The number of carbonyl (C=O) groups excluding carboxylic acids is 1. The van der Waals surface area contributed by atoms with E-state index in [1.165, 1.54) is 17.7 Å². The second-order valence-electron chi connectivity index (χ2n) is 6.94. The molecule has 0 aromatic heterocycles. The van der Waals surface area contributed by atoms with Gasteiger partial charge in [-0.2, -0.15) is 0 Å². The number of thioether (sulfide) groups is 1. The molecule has 2 aromatic carbocycles. The van der Waals surface area contributed by atoms with E-state index in [1.54, 1.807) is 7.05 Å². The zero-order valence-electron chi connectivity index (χ0n) is 16.5. The van der Waals surface area contributed by atoms with E-state index < -0.39 is 0 Å². The number of hydrogen-bond donors (Lipinski definition) is 3. The molecule has 1 saturated carbocycles. The summed E-state index contributed by atoms with van der Waals surface area (Å²) in [6, 6.07) is 18.2. The van der Waals surface area contributed by atoms with Gasteiger partial charge in [-0.25, -0.2) is 0 Å². The Balaban J connectivity index is 1.50. The topological polar surface area (TPSA) is 65.5 Å². The van der Waals surface area contributed by atoms with Crippen molar-refractivity contribution in [2.45, 2.75) is 36.0 Å². The molecular formula is C22H28N4OS. The Morgan fingerprint density at radius 2 is 1.86 bits per heavy atom. The number of nitrogens with zero attached hydrogens (tertiary/aromatic N) is 1. The zero-order valence-corrected chi connectivity index (χ0v) is 17.3. The third kappa shape index (κ3) is 5.76. The van der Waals surface area contributed by atoms with E-state index in [-0.39, 0.29) is 10.7 Å². The van der Waals surface area contributed by atoms with Gasteiger partial charge in [-0.3, -0.25) is 9.79 Å². The van der Waals surface area contributed by atoms with Gasteiger partial charge in [-0.05, 0) is 49.6 Å². The first-order chi connectivity index (χ1) is 13.6. The lowest BCUT2D eigenvalue weighted by Gasteiger charge is -2.18. The Morgan fingerprint density at radius 3 is 2.54 bits per heavy atom. The van der Waals surface area contributed by atoms with E-state index in [0.717, 1.165) is 18.1 Å². The average Bonchev–Trinajstić information content (AvgIpc) is 3.49. The van der Waals surface area contributed by atoms with Crippen molar-refractivity contribution in [3.05, 3.63) is 65.7 Å². The Hall–Kier alpha value is -2.47. The van der Waals surface area contributed by atoms with Gasteiger partial charge in [0.05, 0.1) is 0 Å². The van der Waals surface area contributed by atoms with Gasteiger partial charge < -0.3 is 16.0 Å². The number of guanidine groups is 1. The predicted octanol–water partition coefficient (Wildman–Crippen LogP) is 3.43. The first-order valence-electron chi connectivity index (χ1n) is 9.70. The number of amides is 1. The standard InChI is InChI=1S/C22H28N4OS/c1-3-24-20(27)18-9-7-8-17(14-18)15-25-21(23-2)26-16-22(12-13-22)28-19-10-5-4-6-11-19/h4-11,14H,3,12-13,15-16H2,1-2H3,(H,24,27)(H2,23,25,26). The van der Waals surface area contributed by atoms with E-state index in [0.29, 0.717) is 18.7 Å². The minimum absolute atomic E-state index is 0.0412. The van der Waals surface area contributed by atoms with Crippen LogP contribution in [0, 0.1) is 0 Å². The van der Waals surface area contributed by atoms with E-state index in [9.17, 15) is 4.79 Å². The normalized spacial score (nSPS) is 15.0. The number of benzene rings is 2. The molecule has 1 aliphatic rings. The number of hydrogen-bond acceptors (Lipinski definition) is 3. The van der Waals surface area contributed by atoms with Crippen LogP contribution < -0.4 is 16.0 Å². The lowest BCUT2D eigenvalue weighted by molar-refractivity contribution is 0.0955. The molecule has 1 amide bonds. The Bertz CT molecular complexity index is 818. The second kappa shape index (κ2) is 9.64. The molecule has 28 heavy (non-hydrogen) atoms. The third-order valence-electron chi connectivity index (χ3n) is 4.67. The zero-order chi connectivity index (χ0) is 19.8. The molecule has 3 rings (SSSR count). The van der Waals surface area contributed by atoms with E-state index in [1.807, 2.05) is 43.0 Å². The highest BCUT2D eigenvalue weighted by atomic mass is 32.2. The fraction of sp³-hybridized carbons (Fsp3) is 0.364. The summed E-state index contributed by atoms with van der Waals surface area (Å²) in [5.41, 5.74) is 1.73. The van der Waals surface area contributed by atoms with Gasteiger partial charge in [0.2, 0.25) is 0 Å². The number of nitrogens with one attached hydrogen (secondary N) is 3. The summed E-state index contributed by atoms with van der Waals surface area (Å²) in [5, 5.41) is 9.64. The molecule has 148 valence electrons. The number of rotatable bonds is 8. The molecule has 1 aliphatic carbocycles. The fourth-order valence-electron chi connectivity index (χ4n) is 2.93. The molecule has 0 bridgehead atoms. The van der Waals surface area contributed by atoms with Crippen molar-refractivity contribution in [2.24, 2.45) is 4.99 Å². The van der Waals surface area contributed by atoms with Gasteiger partial charge in [0.1, 0.15) is 0 Å². The van der Waals surface area contributed by atoms with Crippen LogP contribution in [0.4, 0.5) is 0 Å². The van der Waals surface area contributed by atoms with Crippen molar-refractivity contribution in [1.82, 2.24) is 16.0 Å². The maximum absolute atomic E-state index is 12.0. The molecule has 0 aliphatic heterocycles. The van der Waals surface area contributed by atoms with Crippen LogP contribution in [-0.4, -0.2) is 36.8 Å². The van der Waals surface area contributed by atoms with Crippen LogP contribution in [0.3, 0.4) is 0 Å². The van der Waals surface area contributed by atoms with Crippen LogP contribution in [0.25, 0.3) is 0 Å². The summed E-state index contributed by atoms with van der Waals surface area (Å²) in [6.07, 6.45) is 2.43. The lowest BCUT2D eigenvalue weighted by atomic mass is 10.1. The summed E-state index contributed by atoms with van der Waals surface area (Å²) in [7, 11) is 1.78. The molecule has 1 fully saturated rings. The fourth-order valence-corrected chi connectivity index (χ4v) is 4.17. The summed E-state index contributed by atoms with van der Waals surface area (Å²) >= 11 is 1.94. The van der Waals surface area contributed by atoms with Gasteiger partial charge in [0.15, 0.2) is 5.96 Å². The molecule has 0 heterocycles. The van der Waals surface area contributed by atoms with Gasteiger partial charge in [0.25, 0.3) is 5.91 Å². The predicted molar refractivity (Wildman–Crippen MR) is 117 cm³/mol. The van der Waals surface area contributed by atoms with Crippen LogP contribution in [0.1, 0.15) is 35.7 Å². The van der Waals surface area contributed by atoms with Crippen molar-refractivity contribution in [1.29, 1.82) is 0 Å². The molecule has 2 aromatic rings. The maximum atomic E-state index is 12.0. The molecule has 3 N–H and O–H groups in total. The summed E-state index contributed by atoms with van der Waals surface area (Å²) in [6.45, 7) is 4.04. The highest BCUT2D eigenvalue weighted by molar-refractivity contribution is 8.01. The monoisotopic (exact) mass is 396 g/mol. The largest absolute Gasteiger partial charge is 0.355 e. The van der Waals surface area contributed by atoms with Crippen LogP contribution in [0.15, 0.2) is 64.5 Å². The number of aliphatic imine (C=N–C) groups is 1. The van der Waals surface area contributed by atoms with Crippen LogP contribution in [0.2, 0.25) is 0 Å². The van der Waals surface area contributed by atoms with Gasteiger partial charge in [0, 0.05) is 41.9 Å². The quantitative estimate of drug-likeness (QED) is 0.472. The number of carbonyl (C=O) groups is 1. The van der Waals surface area contributed by atoms with E-state index in [4.69, 9.17) is 0 Å². The van der Waals surface area contributed by atoms with Crippen molar-refractivity contribution in [3.8, 4) is 0 Å². The van der Waals surface area contributed by atoms with Crippen LogP contribution in [-0.2, 0) is 6.54 Å². The summed E-state index contributed by atoms with van der Waals surface area (Å²) in [5.74, 6) is 0.740.